The van der Waals surface area contributed by atoms with Crippen LogP contribution in [0.15, 0.2) is 94.5 Å². The van der Waals surface area contributed by atoms with Gasteiger partial charge in [-0.3, -0.25) is 0 Å². The minimum absolute atomic E-state index is 0.0148. The molecule has 0 unspecified atom stereocenters. The molecule has 0 amide bonds. The van der Waals surface area contributed by atoms with Crippen molar-refractivity contribution in [1.82, 2.24) is 4.98 Å². The molecule has 1 aromatic heterocycles. The van der Waals surface area contributed by atoms with Crippen molar-refractivity contribution >= 4 is 5.71 Å². The Morgan fingerprint density at radius 3 is 2.30 bits per heavy atom. The second-order valence-corrected chi connectivity index (χ2v) is 7.47. The molecule has 6 heteroatoms. The standard InChI is InChI=1S/C27H26N2O4/c1-20-26(28-27(33-20)23-10-6-3-7-11-23)19-31-24-14-12-21(13-15-24)18-32-29-25(16-17-30)22-8-4-2-5-9-22/h2-15,30H,16-19H2,1H3/b29-25+. The van der Waals surface area contributed by atoms with Gasteiger partial charge in [0.05, 0.1) is 5.71 Å². The molecule has 0 aliphatic rings. The Hall–Kier alpha value is -3.90. The lowest BCUT2D eigenvalue weighted by molar-refractivity contribution is 0.129. The summed E-state index contributed by atoms with van der Waals surface area (Å²) in [6.45, 7) is 2.55. The summed E-state index contributed by atoms with van der Waals surface area (Å²) >= 11 is 0. The normalized spacial score (nSPS) is 11.4. The number of aromatic nitrogens is 1. The van der Waals surface area contributed by atoms with Crippen LogP contribution in [0.25, 0.3) is 11.5 Å². The zero-order valence-electron chi connectivity index (χ0n) is 18.5. The van der Waals surface area contributed by atoms with E-state index in [-0.39, 0.29) is 6.61 Å². The number of oxazole rings is 1. The number of nitrogens with zero attached hydrogens (tertiary/aromatic N) is 2. The molecular formula is C27H26N2O4. The number of aryl methyl sites for hydroxylation is 1. The average Bonchev–Trinajstić information content (AvgIpc) is 3.24. The van der Waals surface area contributed by atoms with E-state index in [4.69, 9.17) is 14.0 Å². The van der Waals surface area contributed by atoms with Crippen molar-refractivity contribution in [2.45, 2.75) is 26.6 Å². The number of hydrogen-bond acceptors (Lipinski definition) is 6. The van der Waals surface area contributed by atoms with Crippen LogP contribution in [-0.2, 0) is 18.1 Å². The van der Waals surface area contributed by atoms with E-state index in [2.05, 4.69) is 10.1 Å². The highest BCUT2D eigenvalue weighted by molar-refractivity contribution is 6.00. The van der Waals surface area contributed by atoms with Gasteiger partial charge in [0.25, 0.3) is 0 Å². The summed E-state index contributed by atoms with van der Waals surface area (Å²) in [5.74, 6) is 2.07. The molecular weight excluding hydrogens is 416 g/mol. The Morgan fingerprint density at radius 2 is 1.61 bits per heavy atom. The topological polar surface area (TPSA) is 77.1 Å². The molecule has 1 heterocycles. The molecule has 4 aromatic rings. The van der Waals surface area contributed by atoms with Crippen molar-refractivity contribution in [3.63, 3.8) is 0 Å². The average molecular weight is 443 g/mol. The molecule has 0 saturated heterocycles. The van der Waals surface area contributed by atoms with Crippen LogP contribution in [0.2, 0.25) is 0 Å². The first-order valence-corrected chi connectivity index (χ1v) is 10.8. The molecule has 0 atom stereocenters. The maximum Gasteiger partial charge on any atom is 0.226 e. The minimum Gasteiger partial charge on any atom is -0.487 e. The molecule has 0 aliphatic heterocycles. The van der Waals surface area contributed by atoms with E-state index in [9.17, 15) is 5.11 Å². The third-order valence-electron chi connectivity index (χ3n) is 5.07. The molecule has 0 fully saturated rings. The van der Waals surface area contributed by atoms with Crippen molar-refractivity contribution in [3.05, 3.63) is 108 Å². The predicted molar refractivity (Wildman–Crippen MR) is 127 cm³/mol. The van der Waals surface area contributed by atoms with Gasteiger partial charge in [-0.1, -0.05) is 65.8 Å². The second kappa shape index (κ2) is 11.1. The molecule has 1 N–H and O–H groups in total. The first-order chi connectivity index (χ1) is 16.2. The molecule has 3 aromatic carbocycles. The molecule has 0 bridgehead atoms. The van der Waals surface area contributed by atoms with Gasteiger partial charge in [0.1, 0.15) is 30.4 Å². The quantitative estimate of drug-likeness (QED) is 0.258. The van der Waals surface area contributed by atoms with E-state index in [0.29, 0.717) is 25.5 Å². The first-order valence-electron chi connectivity index (χ1n) is 10.8. The lowest BCUT2D eigenvalue weighted by atomic mass is 10.1. The van der Waals surface area contributed by atoms with Crippen molar-refractivity contribution in [2.24, 2.45) is 5.16 Å². The Kier molecular flexibility index (Phi) is 7.51. The number of ether oxygens (including phenoxy) is 1. The lowest BCUT2D eigenvalue weighted by Gasteiger charge is -2.07. The summed E-state index contributed by atoms with van der Waals surface area (Å²) in [4.78, 5) is 10.1. The van der Waals surface area contributed by atoms with Gasteiger partial charge in [0.15, 0.2) is 0 Å². The second-order valence-electron chi connectivity index (χ2n) is 7.47. The van der Waals surface area contributed by atoms with E-state index < -0.39 is 0 Å². The van der Waals surface area contributed by atoms with Crippen molar-refractivity contribution in [3.8, 4) is 17.2 Å². The smallest absolute Gasteiger partial charge is 0.226 e. The van der Waals surface area contributed by atoms with E-state index in [0.717, 1.165) is 39.6 Å². The van der Waals surface area contributed by atoms with E-state index in [1.165, 1.54) is 0 Å². The fraction of sp³-hybridized carbons (Fsp3) is 0.185. The number of rotatable bonds is 10. The van der Waals surface area contributed by atoms with Crippen molar-refractivity contribution in [1.29, 1.82) is 0 Å². The van der Waals surface area contributed by atoms with Crippen molar-refractivity contribution < 1.29 is 19.1 Å². The summed E-state index contributed by atoms with van der Waals surface area (Å²) in [5, 5.41) is 13.5. The zero-order valence-corrected chi connectivity index (χ0v) is 18.5. The molecule has 0 spiro atoms. The van der Waals surface area contributed by atoms with Crippen LogP contribution in [0.5, 0.6) is 5.75 Å². The monoisotopic (exact) mass is 442 g/mol. The summed E-state index contributed by atoms with van der Waals surface area (Å²) in [7, 11) is 0. The largest absolute Gasteiger partial charge is 0.487 e. The van der Waals surface area contributed by atoms with Gasteiger partial charge < -0.3 is 19.1 Å². The number of aliphatic hydroxyl groups is 1. The Bertz CT molecular complexity index is 1170. The van der Waals surface area contributed by atoms with Gasteiger partial charge in [-0.25, -0.2) is 4.98 Å². The van der Waals surface area contributed by atoms with Gasteiger partial charge >= 0.3 is 0 Å². The van der Waals surface area contributed by atoms with Crippen LogP contribution in [0.1, 0.15) is 29.0 Å². The highest BCUT2D eigenvalue weighted by atomic mass is 16.6. The fourth-order valence-electron chi connectivity index (χ4n) is 3.26. The molecule has 6 nitrogen and oxygen atoms in total. The third kappa shape index (κ3) is 6.08. The number of oxime groups is 1. The van der Waals surface area contributed by atoms with Gasteiger partial charge in [-0.2, -0.15) is 0 Å². The van der Waals surface area contributed by atoms with Crippen molar-refractivity contribution in [2.75, 3.05) is 6.61 Å². The minimum atomic E-state index is 0.0148. The Labute approximate surface area is 193 Å². The van der Waals surface area contributed by atoms with Gasteiger partial charge in [0, 0.05) is 18.6 Å². The van der Waals surface area contributed by atoms with E-state index >= 15 is 0 Å². The molecule has 0 radical (unpaired) electrons. The van der Waals surface area contributed by atoms with Crippen LogP contribution in [0, 0.1) is 6.92 Å². The highest BCUT2D eigenvalue weighted by Gasteiger charge is 2.12. The highest BCUT2D eigenvalue weighted by Crippen LogP contribution is 2.23. The Balaban J connectivity index is 1.32. The molecule has 168 valence electrons. The van der Waals surface area contributed by atoms with Gasteiger partial charge in [-0.05, 0) is 42.3 Å². The van der Waals surface area contributed by atoms with E-state index in [1.54, 1.807) is 0 Å². The van der Waals surface area contributed by atoms with E-state index in [1.807, 2.05) is 91.9 Å². The third-order valence-corrected chi connectivity index (χ3v) is 5.07. The van der Waals surface area contributed by atoms with Crippen LogP contribution < -0.4 is 4.74 Å². The lowest BCUT2D eigenvalue weighted by Crippen LogP contribution is -2.05. The van der Waals surface area contributed by atoms with Gasteiger partial charge in [-0.15, -0.1) is 0 Å². The first kappa shape index (κ1) is 22.3. The number of benzene rings is 3. The number of hydrogen-bond donors (Lipinski definition) is 1. The fourth-order valence-corrected chi connectivity index (χ4v) is 3.26. The van der Waals surface area contributed by atoms with Crippen LogP contribution >= 0.6 is 0 Å². The molecule has 0 aliphatic carbocycles. The zero-order chi connectivity index (χ0) is 22.9. The molecule has 33 heavy (non-hydrogen) atoms. The summed E-state index contributed by atoms with van der Waals surface area (Å²) < 4.78 is 11.7. The van der Waals surface area contributed by atoms with Crippen LogP contribution in [0.3, 0.4) is 0 Å². The molecule has 0 saturated carbocycles. The Morgan fingerprint density at radius 1 is 0.909 bits per heavy atom. The van der Waals surface area contributed by atoms with Gasteiger partial charge in [0.2, 0.25) is 5.89 Å². The maximum absolute atomic E-state index is 9.29. The summed E-state index contributed by atoms with van der Waals surface area (Å²) in [5.41, 5.74) is 4.33. The predicted octanol–water partition coefficient (Wildman–Crippen LogP) is 5.53. The SMILES string of the molecule is Cc1oc(-c2ccccc2)nc1COc1ccc(CO/N=C(\CCO)c2ccccc2)cc1. The summed E-state index contributed by atoms with van der Waals surface area (Å²) in [6, 6.07) is 27.2. The summed E-state index contributed by atoms with van der Waals surface area (Å²) in [6.07, 6.45) is 0.435. The maximum atomic E-state index is 9.29. The van der Waals surface area contributed by atoms with Crippen LogP contribution in [0.4, 0.5) is 0 Å². The number of aliphatic hydroxyl groups excluding tert-OH is 1. The molecule has 4 rings (SSSR count). The van der Waals surface area contributed by atoms with Crippen LogP contribution in [-0.4, -0.2) is 22.4 Å².